The van der Waals surface area contributed by atoms with Crippen LogP contribution in [0.4, 0.5) is 0 Å². The van der Waals surface area contributed by atoms with Crippen LogP contribution in [0.2, 0.25) is 0 Å². The number of hydrogen-bond acceptors (Lipinski definition) is 2. The van der Waals surface area contributed by atoms with Crippen molar-refractivity contribution in [3.05, 3.63) is 57.8 Å². The number of aryl methyl sites for hydroxylation is 1. The molecule has 2 aromatic rings. The van der Waals surface area contributed by atoms with Crippen LogP contribution in [0.1, 0.15) is 23.6 Å². The Morgan fingerprint density at radius 2 is 2.05 bits per heavy atom. The minimum absolute atomic E-state index is 0. The van der Waals surface area contributed by atoms with Gasteiger partial charge in [-0.3, -0.25) is 0 Å². The van der Waals surface area contributed by atoms with Crippen LogP contribution >= 0.6 is 35.3 Å². The van der Waals surface area contributed by atoms with Crippen LogP contribution in [0, 0.1) is 6.92 Å². The molecule has 3 nitrogen and oxygen atoms in total. The summed E-state index contributed by atoms with van der Waals surface area (Å²) in [6, 6.07) is 10.8. The number of thiophene rings is 1. The van der Waals surface area contributed by atoms with E-state index < -0.39 is 0 Å². The van der Waals surface area contributed by atoms with Crippen molar-refractivity contribution in [3.8, 4) is 0 Å². The number of guanidine groups is 1. The minimum Gasteiger partial charge on any atom is -0.357 e. The lowest BCUT2D eigenvalue weighted by Crippen LogP contribution is -2.38. The smallest absolute Gasteiger partial charge is 0.191 e. The van der Waals surface area contributed by atoms with E-state index in [2.05, 4.69) is 70.6 Å². The fourth-order valence-electron chi connectivity index (χ4n) is 2.09. The van der Waals surface area contributed by atoms with E-state index in [1.165, 1.54) is 16.7 Å². The van der Waals surface area contributed by atoms with Crippen LogP contribution in [0.25, 0.3) is 0 Å². The number of rotatable bonds is 6. The summed E-state index contributed by atoms with van der Waals surface area (Å²) >= 11 is 1.71. The van der Waals surface area contributed by atoms with Gasteiger partial charge in [-0.2, -0.15) is 11.3 Å². The molecule has 0 saturated heterocycles. The van der Waals surface area contributed by atoms with Gasteiger partial charge in [0.15, 0.2) is 5.96 Å². The number of benzene rings is 1. The van der Waals surface area contributed by atoms with Crippen molar-refractivity contribution in [2.24, 2.45) is 4.99 Å². The van der Waals surface area contributed by atoms with E-state index in [0.717, 1.165) is 32.0 Å². The number of nitrogens with one attached hydrogen (secondary N) is 2. The molecule has 2 N–H and O–H groups in total. The zero-order valence-corrected chi connectivity index (χ0v) is 16.3. The van der Waals surface area contributed by atoms with Gasteiger partial charge in [0.05, 0.1) is 6.54 Å². The van der Waals surface area contributed by atoms with Crippen LogP contribution < -0.4 is 10.6 Å². The molecule has 0 amide bonds. The summed E-state index contributed by atoms with van der Waals surface area (Å²) in [5, 5.41) is 10.9. The quantitative estimate of drug-likeness (QED) is 0.414. The summed E-state index contributed by atoms with van der Waals surface area (Å²) in [4.78, 5) is 4.61. The SMILES string of the molecule is CCNC(=NCc1ccsc1)NCCc1cccc(C)c1.I. The maximum absolute atomic E-state index is 4.61. The molecule has 0 aliphatic heterocycles. The van der Waals surface area contributed by atoms with E-state index in [-0.39, 0.29) is 24.0 Å². The highest BCUT2D eigenvalue weighted by Crippen LogP contribution is 2.07. The third-order valence-electron chi connectivity index (χ3n) is 3.13. The van der Waals surface area contributed by atoms with Crippen molar-refractivity contribution in [3.63, 3.8) is 0 Å². The Kier molecular flexibility index (Phi) is 9.15. The van der Waals surface area contributed by atoms with Crippen molar-refractivity contribution in [2.45, 2.75) is 26.8 Å². The summed E-state index contributed by atoms with van der Waals surface area (Å²) in [7, 11) is 0. The molecule has 2 rings (SSSR count). The molecular weight excluding hydrogens is 405 g/mol. The van der Waals surface area contributed by atoms with Crippen molar-refractivity contribution in [1.29, 1.82) is 0 Å². The molecule has 120 valence electrons. The van der Waals surface area contributed by atoms with Gasteiger partial charge in [0.25, 0.3) is 0 Å². The number of nitrogens with zero attached hydrogens (tertiary/aromatic N) is 1. The molecule has 1 heterocycles. The van der Waals surface area contributed by atoms with Gasteiger partial charge in [0.1, 0.15) is 0 Å². The average Bonchev–Trinajstić information content (AvgIpc) is 2.98. The van der Waals surface area contributed by atoms with E-state index >= 15 is 0 Å². The number of aliphatic imine (C=N–C) groups is 1. The summed E-state index contributed by atoms with van der Waals surface area (Å²) < 4.78 is 0. The van der Waals surface area contributed by atoms with E-state index in [9.17, 15) is 0 Å². The molecule has 0 unspecified atom stereocenters. The standard InChI is InChI=1S/C17H23N3S.HI/c1-3-18-17(20-12-16-8-10-21-13-16)19-9-7-15-6-4-5-14(2)11-15;/h4-6,8,10-11,13H,3,7,9,12H2,1-2H3,(H2,18,19,20);1H. The Labute approximate surface area is 154 Å². The molecule has 0 spiro atoms. The molecule has 0 bridgehead atoms. The fraction of sp³-hybridized carbons (Fsp3) is 0.353. The van der Waals surface area contributed by atoms with Gasteiger partial charge < -0.3 is 10.6 Å². The van der Waals surface area contributed by atoms with E-state index in [1.54, 1.807) is 11.3 Å². The zero-order valence-electron chi connectivity index (χ0n) is 13.1. The normalized spacial score (nSPS) is 10.9. The largest absolute Gasteiger partial charge is 0.357 e. The molecule has 5 heteroatoms. The van der Waals surface area contributed by atoms with E-state index in [0.29, 0.717) is 0 Å². The Hall–Kier alpha value is -1.08. The van der Waals surface area contributed by atoms with Crippen LogP contribution in [-0.4, -0.2) is 19.0 Å². The first kappa shape index (κ1) is 19.0. The summed E-state index contributed by atoms with van der Waals surface area (Å²) in [5.74, 6) is 0.886. The number of halogens is 1. The highest BCUT2D eigenvalue weighted by Gasteiger charge is 1.99. The minimum atomic E-state index is 0. The molecular formula is C17H24IN3S. The zero-order chi connectivity index (χ0) is 14.9. The fourth-order valence-corrected chi connectivity index (χ4v) is 2.75. The average molecular weight is 429 g/mol. The first-order chi connectivity index (χ1) is 10.3. The molecule has 1 aromatic heterocycles. The summed E-state index contributed by atoms with van der Waals surface area (Å²) in [5.41, 5.74) is 3.93. The van der Waals surface area contributed by atoms with Crippen LogP contribution in [0.15, 0.2) is 46.1 Å². The highest BCUT2D eigenvalue weighted by molar-refractivity contribution is 14.0. The van der Waals surface area contributed by atoms with Crippen LogP contribution in [-0.2, 0) is 13.0 Å². The van der Waals surface area contributed by atoms with E-state index in [4.69, 9.17) is 0 Å². The Morgan fingerprint density at radius 3 is 2.73 bits per heavy atom. The molecule has 22 heavy (non-hydrogen) atoms. The molecule has 0 atom stereocenters. The van der Waals surface area contributed by atoms with Crippen molar-refractivity contribution in [1.82, 2.24) is 10.6 Å². The second kappa shape index (κ2) is 10.6. The lowest BCUT2D eigenvalue weighted by atomic mass is 10.1. The predicted molar refractivity (Wildman–Crippen MR) is 107 cm³/mol. The molecule has 0 aliphatic carbocycles. The molecule has 0 radical (unpaired) electrons. The van der Waals surface area contributed by atoms with E-state index in [1.807, 2.05) is 0 Å². The predicted octanol–water partition coefficient (Wildman–Crippen LogP) is 3.97. The lowest BCUT2D eigenvalue weighted by Gasteiger charge is -2.11. The first-order valence-electron chi connectivity index (χ1n) is 7.36. The van der Waals surface area contributed by atoms with Gasteiger partial charge in [-0.05, 0) is 48.2 Å². The van der Waals surface area contributed by atoms with Gasteiger partial charge in [-0.25, -0.2) is 4.99 Å². The second-order valence-electron chi connectivity index (χ2n) is 4.99. The van der Waals surface area contributed by atoms with Gasteiger partial charge >= 0.3 is 0 Å². The Balaban J connectivity index is 0.00000242. The van der Waals surface area contributed by atoms with Crippen molar-refractivity contribution < 1.29 is 0 Å². The van der Waals surface area contributed by atoms with Crippen molar-refractivity contribution >= 4 is 41.3 Å². The van der Waals surface area contributed by atoms with Gasteiger partial charge in [-0.1, -0.05) is 29.8 Å². The third-order valence-corrected chi connectivity index (χ3v) is 3.86. The summed E-state index contributed by atoms with van der Waals surface area (Å²) in [6.07, 6.45) is 1.00. The van der Waals surface area contributed by atoms with Crippen molar-refractivity contribution in [2.75, 3.05) is 13.1 Å². The highest BCUT2D eigenvalue weighted by atomic mass is 127. The van der Waals surface area contributed by atoms with Gasteiger partial charge in [0, 0.05) is 13.1 Å². The molecule has 0 saturated carbocycles. The first-order valence-corrected chi connectivity index (χ1v) is 8.31. The Bertz CT molecular complexity index is 567. The van der Waals surface area contributed by atoms with Gasteiger partial charge in [-0.15, -0.1) is 24.0 Å². The lowest BCUT2D eigenvalue weighted by molar-refractivity contribution is 0.799. The topological polar surface area (TPSA) is 36.4 Å². The molecule has 1 aromatic carbocycles. The maximum Gasteiger partial charge on any atom is 0.191 e. The van der Waals surface area contributed by atoms with Crippen LogP contribution in [0.3, 0.4) is 0 Å². The second-order valence-corrected chi connectivity index (χ2v) is 5.77. The van der Waals surface area contributed by atoms with Gasteiger partial charge in [0.2, 0.25) is 0 Å². The molecule has 0 fully saturated rings. The maximum atomic E-state index is 4.61. The molecule has 0 aliphatic rings. The summed E-state index contributed by atoms with van der Waals surface area (Å²) in [6.45, 7) is 6.70. The number of hydrogen-bond donors (Lipinski definition) is 2. The third kappa shape index (κ3) is 6.79. The monoisotopic (exact) mass is 429 g/mol. The van der Waals surface area contributed by atoms with Crippen LogP contribution in [0.5, 0.6) is 0 Å². The Morgan fingerprint density at radius 1 is 1.18 bits per heavy atom.